The van der Waals surface area contributed by atoms with Crippen LogP contribution < -0.4 is 5.32 Å². The normalized spacial score (nSPS) is 24.4. The van der Waals surface area contributed by atoms with E-state index in [0.717, 1.165) is 17.7 Å². The van der Waals surface area contributed by atoms with Gasteiger partial charge in [-0.3, -0.25) is 9.59 Å². The number of thiazole rings is 1. The Kier molecular flexibility index (Phi) is 4.55. The molecule has 2 aliphatic rings. The molecule has 1 N–H and O–H groups in total. The fourth-order valence-electron chi connectivity index (χ4n) is 4.23. The molecule has 2 saturated heterocycles. The van der Waals surface area contributed by atoms with Crippen molar-refractivity contribution in [2.45, 2.75) is 51.4 Å². The monoisotopic (exact) mass is 401 g/mol. The number of rotatable bonds is 3. The van der Waals surface area contributed by atoms with E-state index in [0.29, 0.717) is 17.3 Å². The van der Waals surface area contributed by atoms with Gasteiger partial charge in [0.25, 0.3) is 0 Å². The average molecular weight is 402 g/mol. The summed E-state index contributed by atoms with van der Waals surface area (Å²) >= 11 is 3.13. The molecule has 0 spiro atoms. The number of fused-ring (bicyclic) bond motifs is 1. The van der Waals surface area contributed by atoms with Crippen molar-refractivity contribution in [2.24, 2.45) is 0 Å². The van der Waals surface area contributed by atoms with Crippen LogP contribution in [0.3, 0.4) is 0 Å². The highest BCUT2D eigenvalue weighted by atomic mass is 32.2. The Labute approximate surface area is 167 Å². The van der Waals surface area contributed by atoms with Gasteiger partial charge in [0.15, 0.2) is 5.13 Å². The lowest BCUT2D eigenvalue weighted by Crippen LogP contribution is -2.48. The van der Waals surface area contributed by atoms with E-state index in [-0.39, 0.29) is 16.7 Å². The Balaban J connectivity index is 1.54. The predicted octanol–water partition coefficient (Wildman–Crippen LogP) is 4.13. The van der Waals surface area contributed by atoms with Gasteiger partial charge >= 0.3 is 0 Å². The van der Waals surface area contributed by atoms with Crippen LogP contribution in [0.25, 0.3) is 11.3 Å². The summed E-state index contributed by atoms with van der Waals surface area (Å²) in [6.45, 7) is 8.31. The molecule has 2 amide bonds. The van der Waals surface area contributed by atoms with Gasteiger partial charge in [-0.1, -0.05) is 17.7 Å². The van der Waals surface area contributed by atoms with Crippen LogP contribution in [-0.4, -0.2) is 38.4 Å². The van der Waals surface area contributed by atoms with E-state index in [2.05, 4.69) is 50.1 Å². The van der Waals surface area contributed by atoms with E-state index in [1.807, 2.05) is 5.38 Å². The third-order valence-corrected chi connectivity index (χ3v) is 7.68. The van der Waals surface area contributed by atoms with Crippen LogP contribution >= 0.6 is 23.1 Å². The number of carbonyl (C=O) groups excluding carboxylic acids is 2. The van der Waals surface area contributed by atoms with Gasteiger partial charge in [0.1, 0.15) is 6.04 Å². The molecule has 7 heteroatoms. The number of benzene rings is 1. The molecule has 1 aromatic carbocycles. The van der Waals surface area contributed by atoms with Crippen LogP contribution in [0.2, 0.25) is 0 Å². The molecule has 2 fully saturated rings. The standard InChI is InChI=1S/C20H23N3O2S2/c1-11-7-12(2)17(13(3)8-11)14-9-26-19(21-14)22-18(25)15-10-27-20(4)6-5-16(24)23(15)20/h7-9,15H,5-6,10H2,1-4H3,(H,21,22,25)/t15-,20-/m1/s1. The lowest BCUT2D eigenvalue weighted by Gasteiger charge is -2.29. The summed E-state index contributed by atoms with van der Waals surface area (Å²) in [7, 11) is 0. The third kappa shape index (κ3) is 3.17. The molecule has 0 saturated carbocycles. The minimum Gasteiger partial charge on any atom is -0.315 e. The zero-order valence-corrected chi connectivity index (χ0v) is 17.6. The fourth-order valence-corrected chi connectivity index (χ4v) is 6.37. The lowest BCUT2D eigenvalue weighted by molar-refractivity contribution is -0.135. The molecule has 5 nitrogen and oxygen atoms in total. The van der Waals surface area contributed by atoms with E-state index in [4.69, 9.17) is 0 Å². The van der Waals surface area contributed by atoms with Crippen molar-refractivity contribution in [3.63, 3.8) is 0 Å². The maximum absolute atomic E-state index is 12.8. The van der Waals surface area contributed by atoms with Gasteiger partial charge in [0.05, 0.1) is 10.6 Å². The molecular formula is C20H23N3O2S2. The van der Waals surface area contributed by atoms with Crippen molar-refractivity contribution in [1.82, 2.24) is 9.88 Å². The molecule has 142 valence electrons. The van der Waals surface area contributed by atoms with Gasteiger partial charge in [-0.15, -0.1) is 23.1 Å². The van der Waals surface area contributed by atoms with Crippen molar-refractivity contribution in [1.29, 1.82) is 0 Å². The minimum absolute atomic E-state index is 0.0772. The largest absolute Gasteiger partial charge is 0.315 e. The maximum Gasteiger partial charge on any atom is 0.249 e. The molecule has 3 heterocycles. The number of nitrogens with zero attached hydrogens (tertiary/aromatic N) is 2. The summed E-state index contributed by atoms with van der Waals surface area (Å²) in [6.07, 6.45) is 1.34. The van der Waals surface area contributed by atoms with Gasteiger partial charge in [-0.2, -0.15) is 0 Å². The number of amides is 2. The number of aryl methyl sites for hydroxylation is 3. The van der Waals surface area contributed by atoms with E-state index < -0.39 is 6.04 Å². The number of carbonyl (C=O) groups is 2. The quantitative estimate of drug-likeness (QED) is 0.840. The molecule has 4 rings (SSSR count). The maximum atomic E-state index is 12.8. The highest BCUT2D eigenvalue weighted by Gasteiger charge is 2.52. The van der Waals surface area contributed by atoms with Crippen LogP contribution in [0, 0.1) is 20.8 Å². The van der Waals surface area contributed by atoms with Crippen molar-refractivity contribution >= 4 is 40.0 Å². The molecule has 2 aliphatic heterocycles. The third-order valence-electron chi connectivity index (χ3n) is 5.41. The summed E-state index contributed by atoms with van der Waals surface area (Å²) in [5.41, 5.74) is 5.60. The molecule has 1 aromatic heterocycles. The van der Waals surface area contributed by atoms with Crippen LogP contribution in [-0.2, 0) is 9.59 Å². The predicted molar refractivity (Wildman–Crippen MR) is 111 cm³/mol. The number of aromatic nitrogens is 1. The Morgan fingerprint density at radius 3 is 2.70 bits per heavy atom. The molecule has 0 aliphatic carbocycles. The Morgan fingerprint density at radius 2 is 2.00 bits per heavy atom. The Bertz CT molecular complexity index is 916. The summed E-state index contributed by atoms with van der Waals surface area (Å²) < 4.78 is 0. The van der Waals surface area contributed by atoms with E-state index >= 15 is 0 Å². The highest BCUT2D eigenvalue weighted by molar-refractivity contribution is 8.01. The van der Waals surface area contributed by atoms with E-state index in [1.165, 1.54) is 28.0 Å². The average Bonchev–Trinajstić information content (AvgIpc) is 3.23. The molecule has 2 aromatic rings. The first-order valence-electron chi connectivity index (χ1n) is 9.09. The lowest BCUT2D eigenvalue weighted by atomic mass is 9.98. The van der Waals surface area contributed by atoms with E-state index in [1.54, 1.807) is 16.7 Å². The summed E-state index contributed by atoms with van der Waals surface area (Å²) in [5.74, 6) is 0.579. The van der Waals surface area contributed by atoms with Gasteiger partial charge in [0, 0.05) is 23.1 Å². The van der Waals surface area contributed by atoms with Crippen molar-refractivity contribution in [3.8, 4) is 11.3 Å². The first-order valence-corrected chi connectivity index (χ1v) is 11.0. The zero-order valence-electron chi connectivity index (χ0n) is 16.0. The summed E-state index contributed by atoms with van der Waals surface area (Å²) in [4.78, 5) is 31.2. The fraction of sp³-hybridized carbons (Fsp3) is 0.450. The summed E-state index contributed by atoms with van der Waals surface area (Å²) in [6, 6.07) is 3.88. The molecule has 0 unspecified atom stereocenters. The van der Waals surface area contributed by atoms with E-state index in [9.17, 15) is 9.59 Å². The second kappa shape index (κ2) is 6.63. The number of nitrogens with one attached hydrogen (secondary N) is 1. The van der Waals surface area contributed by atoms with Crippen molar-refractivity contribution in [3.05, 3.63) is 34.2 Å². The van der Waals surface area contributed by atoms with Crippen LogP contribution in [0.15, 0.2) is 17.5 Å². The topological polar surface area (TPSA) is 62.3 Å². The van der Waals surface area contributed by atoms with Gasteiger partial charge < -0.3 is 10.2 Å². The molecule has 2 atom stereocenters. The summed E-state index contributed by atoms with van der Waals surface area (Å²) in [5, 5.41) is 5.50. The Hall–Kier alpha value is -1.86. The van der Waals surface area contributed by atoms with Crippen LogP contribution in [0.4, 0.5) is 5.13 Å². The molecular weight excluding hydrogens is 378 g/mol. The SMILES string of the molecule is Cc1cc(C)c(-c2csc(NC(=O)[C@H]3CS[C@]4(C)CCC(=O)N34)n2)c(C)c1. The van der Waals surface area contributed by atoms with Gasteiger partial charge in [-0.25, -0.2) is 4.98 Å². The van der Waals surface area contributed by atoms with Crippen LogP contribution in [0.5, 0.6) is 0 Å². The van der Waals surface area contributed by atoms with Gasteiger partial charge in [0.2, 0.25) is 11.8 Å². The second-order valence-corrected chi connectivity index (χ2v) is 9.93. The highest BCUT2D eigenvalue weighted by Crippen LogP contribution is 2.47. The Morgan fingerprint density at radius 1 is 1.30 bits per heavy atom. The first-order chi connectivity index (χ1) is 12.8. The zero-order chi connectivity index (χ0) is 19.3. The number of hydrogen-bond donors (Lipinski definition) is 1. The first kappa shape index (κ1) is 18.5. The molecule has 0 radical (unpaired) electrons. The number of thioether (sulfide) groups is 1. The minimum atomic E-state index is -0.412. The van der Waals surface area contributed by atoms with Gasteiger partial charge in [-0.05, 0) is 45.2 Å². The smallest absolute Gasteiger partial charge is 0.249 e. The molecule has 27 heavy (non-hydrogen) atoms. The van der Waals surface area contributed by atoms with Crippen molar-refractivity contribution in [2.75, 3.05) is 11.1 Å². The number of hydrogen-bond acceptors (Lipinski definition) is 5. The molecule has 0 bridgehead atoms. The number of anilines is 1. The van der Waals surface area contributed by atoms with Crippen LogP contribution in [0.1, 0.15) is 36.5 Å². The second-order valence-electron chi connectivity index (χ2n) is 7.57. The van der Waals surface area contributed by atoms with Crippen molar-refractivity contribution < 1.29 is 9.59 Å².